The molecule has 0 unspecified atom stereocenters. The first-order valence-corrected chi connectivity index (χ1v) is 12.9. The summed E-state index contributed by atoms with van der Waals surface area (Å²) in [6, 6.07) is 26.4. The first-order valence-electron chi connectivity index (χ1n) is 12.5. The molecule has 39 heavy (non-hydrogen) atoms. The molecule has 0 aliphatic heterocycles. The fourth-order valence-corrected chi connectivity index (χ4v) is 5.39. The molecule has 0 radical (unpaired) electrons. The number of nitrogens with zero attached hydrogens (tertiary/aromatic N) is 2. The molecule has 196 valence electrons. The summed E-state index contributed by atoms with van der Waals surface area (Å²) in [6.07, 6.45) is 0. The van der Waals surface area contributed by atoms with Gasteiger partial charge in [0.05, 0.1) is 39.5 Å². The van der Waals surface area contributed by atoms with Crippen LogP contribution in [-0.2, 0) is 6.54 Å². The van der Waals surface area contributed by atoms with Crippen LogP contribution >= 0.6 is 11.6 Å². The third kappa shape index (κ3) is 4.27. The van der Waals surface area contributed by atoms with Crippen molar-refractivity contribution in [3.05, 3.63) is 89.4 Å². The lowest BCUT2D eigenvalue weighted by atomic mass is 9.95. The number of ether oxygens (including phenoxy) is 4. The summed E-state index contributed by atoms with van der Waals surface area (Å²) in [5.74, 6) is 3.41. The number of halogens is 1. The van der Waals surface area contributed by atoms with Crippen molar-refractivity contribution in [2.75, 3.05) is 28.4 Å². The molecule has 7 heteroatoms. The molecular weight excluding hydrogens is 512 g/mol. The van der Waals surface area contributed by atoms with Crippen molar-refractivity contribution in [2.45, 2.75) is 6.54 Å². The van der Waals surface area contributed by atoms with Gasteiger partial charge >= 0.3 is 0 Å². The zero-order valence-electron chi connectivity index (χ0n) is 22.1. The molecule has 0 aliphatic rings. The second-order valence-corrected chi connectivity index (χ2v) is 9.68. The van der Waals surface area contributed by atoms with Gasteiger partial charge in [-0.05, 0) is 75.6 Å². The molecule has 0 bridgehead atoms. The van der Waals surface area contributed by atoms with Crippen molar-refractivity contribution in [3.63, 3.8) is 0 Å². The Balaban J connectivity index is 1.73. The fourth-order valence-electron chi connectivity index (χ4n) is 5.22. The van der Waals surface area contributed by atoms with Gasteiger partial charge in [-0.1, -0.05) is 41.9 Å². The lowest BCUT2D eigenvalue weighted by molar-refractivity contribution is 0.355. The Bertz CT molecular complexity index is 1850. The van der Waals surface area contributed by atoms with Gasteiger partial charge in [0.2, 0.25) is 0 Å². The molecule has 0 amide bonds. The molecule has 0 aliphatic carbocycles. The fraction of sp³-hybridized carbons (Fsp3) is 0.156. The monoisotopic (exact) mass is 538 g/mol. The number of methoxy groups -OCH3 is 4. The number of imidazole rings is 1. The van der Waals surface area contributed by atoms with Gasteiger partial charge < -0.3 is 23.5 Å². The largest absolute Gasteiger partial charge is 0.493 e. The number of fused-ring (bicyclic) bond motifs is 4. The minimum Gasteiger partial charge on any atom is -0.493 e. The van der Waals surface area contributed by atoms with Crippen LogP contribution in [0.3, 0.4) is 0 Å². The molecule has 6 aromatic rings. The van der Waals surface area contributed by atoms with Crippen LogP contribution in [0, 0.1) is 0 Å². The van der Waals surface area contributed by atoms with Crippen LogP contribution in [0.2, 0.25) is 5.02 Å². The first kappa shape index (κ1) is 24.9. The van der Waals surface area contributed by atoms with E-state index >= 15 is 0 Å². The SMILES string of the molecule is COc1cc2cc(-c3nc4cc(Cl)ccc4n3Cc3ccccc3)c3cc(OC)c(OC)cc3c2cc1OC. The van der Waals surface area contributed by atoms with Crippen LogP contribution in [-0.4, -0.2) is 38.0 Å². The molecule has 0 fully saturated rings. The quantitative estimate of drug-likeness (QED) is 0.194. The lowest BCUT2D eigenvalue weighted by Gasteiger charge is -2.17. The zero-order chi connectivity index (χ0) is 27.1. The average Bonchev–Trinajstić information content (AvgIpc) is 3.32. The molecule has 6 nitrogen and oxygen atoms in total. The number of aromatic nitrogens is 2. The third-order valence-electron chi connectivity index (χ3n) is 7.09. The topological polar surface area (TPSA) is 54.7 Å². The van der Waals surface area contributed by atoms with Crippen LogP contribution in [0.5, 0.6) is 23.0 Å². The van der Waals surface area contributed by atoms with Crippen molar-refractivity contribution in [1.82, 2.24) is 9.55 Å². The van der Waals surface area contributed by atoms with Crippen LogP contribution in [0.1, 0.15) is 5.56 Å². The Morgan fingerprint density at radius 2 is 1.28 bits per heavy atom. The van der Waals surface area contributed by atoms with Crippen molar-refractivity contribution < 1.29 is 18.9 Å². The van der Waals surface area contributed by atoms with Gasteiger partial charge in [0, 0.05) is 17.1 Å². The smallest absolute Gasteiger partial charge is 0.161 e. The summed E-state index contributed by atoms with van der Waals surface area (Å²) in [5.41, 5.74) is 3.95. The van der Waals surface area contributed by atoms with E-state index in [9.17, 15) is 0 Å². The van der Waals surface area contributed by atoms with Gasteiger partial charge in [-0.2, -0.15) is 0 Å². The summed E-state index contributed by atoms with van der Waals surface area (Å²) in [4.78, 5) is 5.12. The van der Waals surface area contributed by atoms with Gasteiger partial charge in [-0.25, -0.2) is 4.98 Å². The van der Waals surface area contributed by atoms with E-state index in [1.54, 1.807) is 28.4 Å². The number of hydrogen-bond acceptors (Lipinski definition) is 5. The highest BCUT2D eigenvalue weighted by atomic mass is 35.5. The average molecular weight is 539 g/mol. The second-order valence-electron chi connectivity index (χ2n) is 9.25. The third-order valence-corrected chi connectivity index (χ3v) is 7.33. The maximum Gasteiger partial charge on any atom is 0.161 e. The summed E-state index contributed by atoms with van der Waals surface area (Å²) >= 11 is 6.39. The van der Waals surface area contributed by atoms with Crippen molar-refractivity contribution in [1.29, 1.82) is 0 Å². The van der Waals surface area contributed by atoms with E-state index in [4.69, 9.17) is 35.5 Å². The summed E-state index contributed by atoms with van der Waals surface area (Å²) in [5, 5.41) is 4.59. The maximum absolute atomic E-state index is 6.39. The predicted octanol–water partition coefficient (Wildman–Crippen LogP) is 7.75. The van der Waals surface area contributed by atoms with Gasteiger partial charge in [0.1, 0.15) is 5.82 Å². The molecule has 6 rings (SSSR count). The van der Waals surface area contributed by atoms with Crippen LogP contribution in [0.15, 0.2) is 78.9 Å². The molecular formula is C32H27ClN2O4. The van der Waals surface area contributed by atoms with E-state index in [0.717, 1.165) is 44.0 Å². The lowest BCUT2D eigenvalue weighted by Crippen LogP contribution is -2.03. The minimum atomic E-state index is 0.639. The van der Waals surface area contributed by atoms with Gasteiger partial charge in [0.25, 0.3) is 0 Å². The Kier molecular flexibility index (Phi) is 6.41. The van der Waals surface area contributed by atoms with E-state index in [2.05, 4.69) is 22.8 Å². The highest BCUT2D eigenvalue weighted by Gasteiger charge is 2.21. The minimum absolute atomic E-state index is 0.639. The highest BCUT2D eigenvalue weighted by molar-refractivity contribution is 6.31. The van der Waals surface area contributed by atoms with E-state index in [1.165, 1.54) is 5.56 Å². The molecule has 5 aromatic carbocycles. The standard InChI is InChI=1S/C32H27ClN2O4/c1-36-28-13-20-12-25(24-17-31(39-4)30(38-3)16-23(24)22(20)15-29(28)37-2)32-34-26-14-21(33)10-11-27(26)35(32)18-19-8-6-5-7-9-19/h5-17H,18H2,1-4H3. The van der Waals surface area contributed by atoms with Gasteiger partial charge in [0.15, 0.2) is 23.0 Å². The summed E-state index contributed by atoms with van der Waals surface area (Å²) < 4.78 is 24.9. The molecule has 1 heterocycles. The highest BCUT2D eigenvalue weighted by Crippen LogP contribution is 2.44. The number of rotatable bonds is 7. The Morgan fingerprint density at radius 1 is 0.667 bits per heavy atom. The second kappa shape index (κ2) is 10.0. The Hall–Kier alpha value is -4.42. The molecule has 0 N–H and O–H groups in total. The van der Waals surface area contributed by atoms with Crippen LogP contribution in [0.4, 0.5) is 0 Å². The summed E-state index contributed by atoms with van der Waals surface area (Å²) in [7, 11) is 6.57. The maximum atomic E-state index is 6.39. The molecule has 0 saturated heterocycles. The van der Waals surface area contributed by atoms with E-state index in [-0.39, 0.29) is 0 Å². The van der Waals surface area contributed by atoms with Crippen molar-refractivity contribution in [2.24, 2.45) is 0 Å². The van der Waals surface area contributed by atoms with Gasteiger partial charge in [-0.15, -0.1) is 0 Å². The van der Waals surface area contributed by atoms with Crippen molar-refractivity contribution in [3.8, 4) is 34.4 Å². The van der Waals surface area contributed by atoms with E-state index < -0.39 is 0 Å². The van der Waals surface area contributed by atoms with Gasteiger partial charge in [-0.3, -0.25) is 0 Å². The van der Waals surface area contributed by atoms with Crippen LogP contribution < -0.4 is 18.9 Å². The first-order chi connectivity index (χ1) is 19.0. The van der Waals surface area contributed by atoms with E-state index in [1.807, 2.05) is 60.7 Å². The number of hydrogen-bond donors (Lipinski definition) is 0. The summed E-state index contributed by atoms with van der Waals surface area (Å²) in [6.45, 7) is 0.646. The molecule has 0 saturated carbocycles. The normalized spacial score (nSPS) is 11.3. The van der Waals surface area contributed by atoms with E-state index in [0.29, 0.717) is 34.6 Å². The Morgan fingerprint density at radius 3 is 1.95 bits per heavy atom. The Labute approximate surface area is 231 Å². The molecule has 1 aromatic heterocycles. The predicted molar refractivity (Wildman–Crippen MR) is 157 cm³/mol. The molecule has 0 spiro atoms. The number of benzene rings is 5. The zero-order valence-corrected chi connectivity index (χ0v) is 22.9. The van der Waals surface area contributed by atoms with Crippen LogP contribution in [0.25, 0.3) is 44.0 Å². The molecule has 0 atom stereocenters. The van der Waals surface area contributed by atoms with Crippen molar-refractivity contribution >= 4 is 44.2 Å².